The molecule has 3 rings (SSSR count). The normalized spacial score (nSPS) is 31.2. The SMILES string of the molecule is CC1(C)COC(C2=CCC3C(=C2)C=CS3(=O)=O)=N1. The van der Waals surface area contributed by atoms with Crippen LogP contribution in [0.1, 0.15) is 20.3 Å². The average Bonchev–Trinajstić information content (AvgIpc) is 2.80. The van der Waals surface area contributed by atoms with Crippen LogP contribution in [0.15, 0.2) is 39.8 Å². The molecule has 2 heterocycles. The molecule has 0 radical (unpaired) electrons. The van der Waals surface area contributed by atoms with Crippen molar-refractivity contribution >= 4 is 15.7 Å². The second-order valence-electron chi connectivity index (χ2n) is 5.44. The zero-order valence-corrected chi connectivity index (χ0v) is 11.2. The van der Waals surface area contributed by atoms with Crippen molar-refractivity contribution in [2.75, 3.05) is 6.61 Å². The lowest BCUT2D eigenvalue weighted by atomic mass is 9.99. The third-order valence-corrected chi connectivity index (χ3v) is 5.08. The maximum atomic E-state index is 11.7. The van der Waals surface area contributed by atoms with Crippen LogP contribution in [0, 0.1) is 0 Å². The molecule has 0 aromatic heterocycles. The van der Waals surface area contributed by atoms with Crippen LogP contribution in [0.3, 0.4) is 0 Å². The molecule has 1 aliphatic carbocycles. The summed E-state index contributed by atoms with van der Waals surface area (Å²) in [4.78, 5) is 4.50. The maximum Gasteiger partial charge on any atom is 0.216 e. The molecular weight excluding hydrogens is 250 g/mol. The predicted molar refractivity (Wildman–Crippen MR) is 70.1 cm³/mol. The van der Waals surface area contributed by atoms with E-state index in [0.717, 1.165) is 11.1 Å². The van der Waals surface area contributed by atoms with E-state index in [9.17, 15) is 8.42 Å². The summed E-state index contributed by atoms with van der Waals surface area (Å²) in [6.45, 7) is 4.60. The minimum absolute atomic E-state index is 0.191. The first-order chi connectivity index (χ1) is 8.37. The molecule has 0 amide bonds. The molecule has 18 heavy (non-hydrogen) atoms. The van der Waals surface area contributed by atoms with E-state index in [1.807, 2.05) is 26.0 Å². The molecule has 0 aromatic rings. The van der Waals surface area contributed by atoms with Gasteiger partial charge >= 0.3 is 0 Å². The summed E-state index contributed by atoms with van der Waals surface area (Å²) < 4.78 is 29.0. The Balaban J connectivity index is 1.92. The van der Waals surface area contributed by atoms with Gasteiger partial charge in [-0.1, -0.05) is 6.08 Å². The van der Waals surface area contributed by atoms with E-state index in [1.54, 1.807) is 6.08 Å². The Hall–Kier alpha value is -1.36. The van der Waals surface area contributed by atoms with Gasteiger partial charge in [-0.25, -0.2) is 13.4 Å². The summed E-state index contributed by atoms with van der Waals surface area (Å²) >= 11 is 0. The lowest BCUT2D eigenvalue weighted by Gasteiger charge is -2.15. The fraction of sp³-hybridized carbons (Fsp3) is 0.462. The summed E-state index contributed by atoms with van der Waals surface area (Å²) in [5.74, 6) is 0.628. The Kier molecular flexibility index (Phi) is 2.32. The highest BCUT2D eigenvalue weighted by atomic mass is 32.2. The highest BCUT2D eigenvalue weighted by Crippen LogP contribution is 2.33. The minimum atomic E-state index is -3.09. The van der Waals surface area contributed by atoms with Crippen LogP contribution < -0.4 is 0 Å². The Morgan fingerprint density at radius 2 is 2.22 bits per heavy atom. The van der Waals surface area contributed by atoms with Crippen LogP contribution in [0.5, 0.6) is 0 Å². The first-order valence-corrected chi connectivity index (χ1v) is 7.55. The number of allylic oxidation sites excluding steroid dienone is 2. The molecule has 0 N–H and O–H groups in total. The second kappa shape index (κ2) is 3.57. The molecule has 0 aromatic carbocycles. The smallest absolute Gasteiger partial charge is 0.216 e. The topological polar surface area (TPSA) is 55.7 Å². The predicted octanol–water partition coefficient (Wildman–Crippen LogP) is 1.76. The molecule has 1 unspecified atom stereocenters. The van der Waals surface area contributed by atoms with E-state index in [-0.39, 0.29) is 5.54 Å². The number of hydrogen-bond acceptors (Lipinski definition) is 4. The number of fused-ring (bicyclic) bond motifs is 1. The van der Waals surface area contributed by atoms with Crippen molar-refractivity contribution in [3.8, 4) is 0 Å². The summed E-state index contributed by atoms with van der Waals surface area (Å²) in [6.07, 6.45) is 5.95. The number of ether oxygens (including phenoxy) is 1. The third kappa shape index (κ3) is 1.82. The van der Waals surface area contributed by atoms with Gasteiger partial charge in [0.05, 0.1) is 10.8 Å². The van der Waals surface area contributed by atoms with E-state index < -0.39 is 15.1 Å². The molecular formula is C13H15NO3S. The minimum Gasteiger partial charge on any atom is -0.475 e. The van der Waals surface area contributed by atoms with Crippen molar-refractivity contribution < 1.29 is 13.2 Å². The summed E-state index contributed by atoms with van der Waals surface area (Å²) in [5, 5.41) is 0.887. The van der Waals surface area contributed by atoms with Gasteiger partial charge in [-0.05, 0) is 38.0 Å². The second-order valence-corrected chi connectivity index (χ2v) is 7.46. The molecule has 0 bridgehead atoms. The molecule has 0 fully saturated rings. The lowest BCUT2D eigenvalue weighted by Crippen LogP contribution is -2.19. The number of rotatable bonds is 1. The van der Waals surface area contributed by atoms with Gasteiger partial charge in [0.25, 0.3) is 0 Å². The summed E-state index contributed by atoms with van der Waals surface area (Å²) in [5.41, 5.74) is 1.54. The standard InChI is InChI=1S/C13H15NO3S/c1-13(2)8-17-12(14-13)10-3-4-11-9(7-10)5-6-18(11,15)16/h3,5-7,11H,4,8H2,1-2H3. The summed E-state index contributed by atoms with van der Waals surface area (Å²) in [7, 11) is -3.09. The lowest BCUT2D eigenvalue weighted by molar-refractivity contribution is 0.279. The molecule has 2 aliphatic heterocycles. The Bertz CT molecular complexity index is 621. The Morgan fingerprint density at radius 3 is 2.89 bits per heavy atom. The fourth-order valence-corrected chi connectivity index (χ4v) is 3.76. The Labute approximate surface area is 107 Å². The van der Waals surface area contributed by atoms with Crippen LogP contribution in [-0.2, 0) is 14.6 Å². The number of hydrogen-bond donors (Lipinski definition) is 0. The van der Waals surface area contributed by atoms with Crippen molar-refractivity contribution in [3.63, 3.8) is 0 Å². The molecule has 96 valence electrons. The molecule has 1 atom stereocenters. The van der Waals surface area contributed by atoms with Crippen molar-refractivity contribution in [1.82, 2.24) is 0 Å². The largest absolute Gasteiger partial charge is 0.475 e. The number of aliphatic imine (C=N–C) groups is 1. The van der Waals surface area contributed by atoms with E-state index in [0.29, 0.717) is 18.9 Å². The molecule has 3 aliphatic rings. The molecule has 0 spiro atoms. The van der Waals surface area contributed by atoms with Crippen LogP contribution in [0.25, 0.3) is 0 Å². The van der Waals surface area contributed by atoms with Gasteiger partial charge in [0.15, 0.2) is 9.84 Å². The monoisotopic (exact) mass is 265 g/mol. The summed E-state index contributed by atoms with van der Waals surface area (Å²) in [6, 6.07) is 0. The van der Waals surface area contributed by atoms with Gasteiger partial charge in [0, 0.05) is 11.0 Å². The highest BCUT2D eigenvalue weighted by molar-refractivity contribution is 7.95. The highest BCUT2D eigenvalue weighted by Gasteiger charge is 2.34. The van der Waals surface area contributed by atoms with E-state index in [2.05, 4.69) is 4.99 Å². The van der Waals surface area contributed by atoms with Gasteiger partial charge in [-0.15, -0.1) is 0 Å². The van der Waals surface area contributed by atoms with E-state index >= 15 is 0 Å². The number of sulfone groups is 1. The van der Waals surface area contributed by atoms with Crippen molar-refractivity contribution in [1.29, 1.82) is 0 Å². The molecule has 4 nitrogen and oxygen atoms in total. The average molecular weight is 265 g/mol. The van der Waals surface area contributed by atoms with Gasteiger partial charge in [-0.2, -0.15) is 0 Å². The van der Waals surface area contributed by atoms with Crippen molar-refractivity contribution in [2.45, 2.75) is 31.1 Å². The quantitative estimate of drug-likeness (QED) is 0.726. The fourth-order valence-electron chi connectivity index (χ4n) is 2.33. The van der Waals surface area contributed by atoms with E-state index in [4.69, 9.17) is 4.74 Å². The molecule has 0 saturated heterocycles. The van der Waals surface area contributed by atoms with Crippen LogP contribution >= 0.6 is 0 Å². The van der Waals surface area contributed by atoms with Gasteiger partial charge < -0.3 is 4.74 Å². The van der Waals surface area contributed by atoms with Gasteiger partial charge in [0.1, 0.15) is 6.61 Å². The van der Waals surface area contributed by atoms with Gasteiger partial charge in [0.2, 0.25) is 5.90 Å². The first-order valence-electron chi connectivity index (χ1n) is 5.94. The van der Waals surface area contributed by atoms with Crippen LogP contribution in [0.4, 0.5) is 0 Å². The molecule has 5 heteroatoms. The van der Waals surface area contributed by atoms with Crippen molar-refractivity contribution in [2.24, 2.45) is 4.99 Å². The third-order valence-electron chi connectivity index (χ3n) is 3.31. The zero-order valence-electron chi connectivity index (χ0n) is 10.4. The molecule has 0 saturated carbocycles. The van der Waals surface area contributed by atoms with Crippen LogP contribution in [-0.4, -0.2) is 31.7 Å². The zero-order chi connectivity index (χ0) is 13.0. The Morgan fingerprint density at radius 1 is 1.44 bits per heavy atom. The van der Waals surface area contributed by atoms with Gasteiger partial charge in [-0.3, -0.25) is 0 Å². The van der Waals surface area contributed by atoms with Crippen LogP contribution in [0.2, 0.25) is 0 Å². The maximum absolute atomic E-state index is 11.7. The van der Waals surface area contributed by atoms with Crippen molar-refractivity contribution in [3.05, 3.63) is 34.8 Å². The number of nitrogens with zero attached hydrogens (tertiary/aromatic N) is 1. The first kappa shape index (κ1) is 11.7. The van der Waals surface area contributed by atoms with E-state index in [1.165, 1.54) is 5.41 Å².